The van der Waals surface area contributed by atoms with Gasteiger partial charge in [-0.15, -0.1) is 5.53 Å². The zero-order valence-electron chi connectivity index (χ0n) is 14.9. The number of amides is 1. The SMILES string of the molecule is CCC1=CN(OC(CC)C(=O)NC2CC2)NN1c1ccc(Cl)c(C)c1. The number of carbonyl (C=O) groups excluding carboxylic acids is 1. The van der Waals surface area contributed by atoms with Crippen LogP contribution in [-0.2, 0) is 9.63 Å². The molecule has 3 rings (SSSR count). The van der Waals surface area contributed by atoms with Gasteiger partial charge < -0.3 is 5.32 Å². The number of nitrogens with zero attached hydrogens (tertiary/aromatic N) is 2. The third-order valence-corrected chi connectivity index (χ3v) is 4.77. The van der Waals surface area contributed by atoms with Crippen molar-refractivity contribution in [2.24, 2.45) is 0 Å². The number of hydroxylamine groups is 1. The molecule has 7 heteroatoms. The van der Waals surface area contributed by atoms with Crippen molar-refractivity contribution in [2.45, 2.75) is 58.6 Å². The van der Waals surface area contributed by atoms with Gasteiger partial charge in [0, 0.05) is 11.1 Å². The van der Waals surface area contributed by atoms with E-state index in [2.05, 4.69) is 17.8 Å². The summed E-state index contributed by atoms with van der Waals surface area (Å²) in [6, 6.07) is 6.17. The number of hydrogen-bond donors (Lipinski definition) is 2. The number of anilines is 1. The van der Waals surface area contributed by atoms with Gasteiger partial charge in [-0.3, -0.25) is 9.80 Å². The van der Waals surface area contributed by atoms with Crippen LogP contribution in [0.25, 0.3) is 0 Å². The van der Waals surface area contributed by atoms with Crippen molar-refractivity contribution in [3.8, 4) is 0 Å². The first-order chi connectivity index (χ1) is 12.0. The molecule has 1 saturated carbocycles. The molecular formula is C18H25ClN4O2. The molecule has 1 atom stereocenters. The van der Waals surface area contributed by atoms with Crippen LogP contribution in [-0.4, -0.2) is 23.2 Å². The maximum atomic E-state index is 12.3. The van der Waals surface area contributed by atoms with Gasteiger partial charge in [0.1, 0.15) is 0 Å². The molecule has 1 aliphatic heterocycles. The lowest BCUT2D eigenvalue weighted by Gasteiger charge is -2.26. The second-order valence-corrected chi connectivity index (χ2v) is 6.86. The van der Waals surface area contributed by atoms with Crippen molar-refractivity contribution in [3.05, 3.63) is 40.7 Å². The normalized spacial score (nSPS) is 18.3. The number of rotatable bonds is 7. The van der Waals surface area contributed by atoms with Crippen molar-refractivity contribution in [1.29, 1.82) is 0 Å². The largest absolute Gasteiger partial charge is 0.351 e. The van der Waals surface area contributed by atoms with Crippen LogP contribution in [0.5, 0.6) is 0 Å². The number of hydrazine groups is 2. The van der Waals surface area contributed by atoms with E-state index in [0.717, 1.165) is 41.2 Å². The molecule has 0 radical (unpaired) electrons. The van der Waals surface area contributed by atoms with E-state index in [1.807, 2.05) is 43.3 Å². The second kappa shape index (κ2) is 7.64. The van der Waals surface area contributed by atoms with Crippen molar-refractivity contribution >= 4 is 23.2 Å². The highest BCUT2D eigenvalue weighted by Crippen LogP contribution is 2.28. The van der Waals surface area contributed by atoms with E-state index in [0.29, 0.717) is 12.5 Å². The molecule has 1 aromatic rings. The Morgan fingerprint density at radius 1 is 1.44 bits per heavy atom. The molecule has 1 heterocycles. The van der Waals surface area contributed by atoms with Gasteiger partial charge in [-0.2, -0.15) is 5.17 Å². The molecule has 2 N–H and O–H groups in total. The molecule has 1 fully saturated rings. The highest BCUT2D eigenvalue weighted by molar-refractivity contribution is 6.31. The van der Waals surface area contributed by atoms with Crippen molar-refractivity contribution in [1.82, 2.24) is 16.0 Å². The summed E-state index contributed by atoms with van der Waals surface area (Å²) >= 11 is 6.12. The minimum absolute atomic E-state index is 0.0564. The summed E-state index contributed by atoms with van der Waals surface area (Å²) in [5.41, 5.74) is 6.19. The molecule has 0 spiro atoms. The Morgan fingerprint density at radius 3 is 2.80 bits per heavy atom. The predicted molar refractivity (Wildman–Crippen MR) is 98.3 cm³/mol. The predicted octanol–water partition coefficient (Wildman–Crippen LogP) is 3.43. The summed E-state index contributed by atoms with van der Waals surface area (Å²) in [5, 5.41) is 7.19. The van der Waals surface area contributed by atoms with Crippen LogP contribution in [0.3, 0.4) is 0 Å². The minimum Gasteiger partial charge on any atom is -0.351 e. The number of aryl methyl sites for hydroxylation is 1. The fraction of sp³-hybridized carbons (Fsp3) is 0.500. The molecule has 0 bridgehead atoms. The maximum Gasteiger partial charge on any atom is 0.252 e. The van der Waals surface area contributed by atoms with E-state index < -0.39 is 6.10 Å². The lowest BCUT2D eigenvalue weighted by atomic mass is 10.2. The van der Waals surface area contributed by atoms with Crippen molar-refractivity contribution < 1.29 is 9.63 Å². The molecule has 0 aromatic heterocycles. The smallest absolute Gasteiger partial charge is 0.252 e. The molecule has 136 valence electrons. The number of carbonyl (C=O) groups is 1. The van der Waals surface area contributed by atoms with E-state index >= 15 is 0 Å². The molecule has 1 aromatic carbocycles. The lowest BCUT2D eigenvalue weighted by Crippen LogP contribution is -2.46. The summed E-state index contributed by atoms with van der Waals surface area (Å²) in [4.78, 5) is 18.1. The monoisotopic (exact) mass is 364 g/mol. The van der Waals surface area contributed by atoms with Crippen molar-refractivity contribution in [2.75, 3.05) is 5.01 Å². The fourth-order valence-corrected chi connectivity index (χ4v) is 2.76. The summed E-state index contributed by atoms with van der Waals surface area (Å²) in [7, 11) is 0. The van der Waals surface area contributed by atoms with E-state index in [1.165, 1.54) is 5.17 Å². The van der Waals surface area contributed by atoms with Gasteiger partial charge in [0.15, 0.2) is 6.10 Å². The first-order valence-corrected chi connectivity index (χ1v) is 9.19. The van der Waals surface area contributed by atoms with E-state index in [4.69, 9.17) is 16.4 Å². The Bertz CT molecular complexity index is 675. The van der Waals surface area contributed by atoms with Crippen molar-refractivity contribution in [3.63, 3.8) is 0 Å². The Balaban J connectivity index is 1.68. The van der Waals surface area contributed by atoms with Gasteiger partial charge >= 0.3 is 0 Å². The van der Waals surface area contributed by atoms with Gasteiger partial charge in [-0.25, -0.2) is 4.84 Å². The summed E-state index contributed by atoms with van der Waals surface area (Å²) < 4.78 is 0. The molecule has 1 unspecified atom stereocenters. The van der Waals surface area contributed by atoms with Gasteiger partial charge in [-0.1, -0.05) is 25.4 Å². The van der Waals surface area contributed by atoms with Crippen LogP contribution in [0.4, 0.5) is 5.69 Å². The van der Waals surface area contributed by atoms with Crippen LogP contribution in [0.1, 0.15) is 45.1 Å². The Kier molecular flexibility index (Phi) is 5.51. The highest BCUT2D eigenvalue weighted by Gasteiger charge is 2.30. The van der Waals surface area contributed by atoms with Crippen LogP contribution in [0.2, 0.25) is 5.02 Å². The average Bonchev–Trinajstić information content (AvgIpc) is 3.31. The van der Waals surface area contributed by atoms with Crippen LogP contribution >= 0.6 is 11.6 Å². The molecule has 0 saturated heterocycles. The fourth-order valence-electron chi connectivity index (χ4n) is 2.65. The Hall–Kier alpha value is -1.76. The van der Waals surface area contributed by atoms with Gasteiger partial charge in [0.05, 0.1) is 17.6 Å². The standard InChI is InChI=1S/C18H25ClN4O2/c1-4-14-11-22(25-17(5-2)18(24)20-13-6-7-13)21-23(14)15-8-9-16(19)12(3)10-15/h8-11,13,17,21H,4-7H2,1-3H3,(H,20,24). The molecule has 6 nitrogen and oxygen atoms in total. The van der Waals surface area contributed by atoms with Crippen LogP contribution in [0.15, 0.2) is 30.1 Å². The van der Waals surface area contributed by atoms with E-state index in [-0.39, 0.29) is 5.91 Å². The second-order valence-electron chi connectivity index (χ2n) is 6.45. The number of benzene rings is 1. The van der Waals surface area contributed by atoms with Crippen LogP contribution in [0, 0.1) is 6.92 Å². The first kappa shape index (κ1) is 18.0. The number of allylic oxidation sites excluding steroid dienone is 1. The Labute approximate surface area is 153 Å². The van der Waals surface area contributed by atoms with E-state index in [9.17, 15) is 4.79 Å². The molecule has 2 aliphatic rings. The molecule has 1 aliphatic carbocycles. The minimum atomic E-state index is -0.519. The van der Waals surface area contributed by atoms with Crippen LogP contribution < -0.4 is 15.9 Å². The zero-order chi connectivity index (χ0) is 18.0. The quantitative estimate of drug-likeness (QED) is 0.776. The molecule has 25 heavy (non-hydrogen) atoms. The third kappa shape index (κ3) is 4.26. The maximum absolute atomic E-state index is 12.3. The first-order valence-electron chi connectivity index (χ1n) is 8.81. The van der Waals surface area contributed by atoms with E-state index in [1.54, 1.807) is 0 Å². The number of hydrogen-bond acceptors (Lipinski definition) is 5. The zero-order valence-corrected chi connectivity index (χ0v) is 15.6. The number of nitrogens with one attached hydrogen (secondary N) is 2. The average molecular weight is 365 g/mol. The third-order valence-electron chi connectivity index (χ3n) is 4.34. The van der Waals surface area contributed by atoms with Gasteiger partial charge in [0.2, 0.25) is 0 Å². The highest BCUT2D eigenvalue weighted by atomic mass is 35.5. The molecule has 1 amide bonds. The Morgan fingerprint density at radius 2 is 2.20 bits per heavy atom. The topological polar surface area (TPSA) is 56.8 Å². The summed E-state index contributed by atoms with van der Waals surface area (Å²) in [6.45, 7) is 5.99. The van der Waals surface area contributed by atoms with Gasteiger partial charge in [-0.05, 0) is 56.4 Å². The molecular weight excluding hydrogens is 340 g/mol. The summed E-state index contributed by atoms with van der Waals surface area (Å²) in [5.74, 6) is -0.0564. The summed E-state index contributed by atoms with van der Waals surface area (Å²) in [6.07, 6.45) is 4.90. The number of halogens is 1. The van der Waals surface area contributed by atoms with Gasteiger partial charge in [0.25, 0.3) is 5.91 Å². The lowest BCUT2D eigenvalue weighted by molar-refractivity contribution is -0.196.